The summed E-state index contributed by atoms with van der Waals surface area (Å²) in [5.74, 6) is 0.350. The Kier molecular flexibility index (Phi) is 9.44. The third-order valence-electron chi connectivity index (χ3n) is 11.1. The van der Waals surface area contributed by atoms with Gasteiger partial charge in [-0.15, -0.1) is 0 Å². The second-order valence-corrected chi connectivity index (χ2v) is 15.4. The molecule has 1 amide bonds. The third kappa shape index (κ3) is 7.00. The van der Waals surface area contributed by atoms with E-state index in [9.17, 15) is 22.4 Å². The van der Waals surface area contributed by atoms with Crippen LogP contribution in [0, 0.1) is 19.8 Å². The highest BCUT2D eigenvalue weighted by molar-refractivity contribution is 7.06. The maximum absolute atomic E-state index is 14.6. The van der Waals surface area contributed by atoms with Crippen LogP contribution in [0.1, 0.15) is 77.4 Å². The number of carbonyl (C=O) groups is 1. The van der Waals surface area contributed by atoms with Gasteiger partial charge in [0, 0.05) is 56.7 Å². The summed E-state index contributed by atoms with van der Waals surface area (Å²) >= 11 is 1.23. The number of anilines is 2. The number of alkyl halides is 4. The topological polar surface area (TPSA) is 126 Å². The first-order valence-corrected chi connectivity index (χ1v) is 18.2. The number of nitrogen functional groups attached to an aromatic ring is 1. The number of amides is 1. The van der Waals surface area contributed by atoms with Crippen molar-refractivity contribution in [2.75, 3.05) is 50.5 Å². The molecule has 3 aromatic rings. The number of hydrogen-bond donors (Lipinski definition) is 1. The van der Waals surface area contributed by atoms with Crippen LogP contribution < -0.4 is 15.4 Å². The van der Waals surface area contributed by atoms with Crippen molar-refractivity contribution >= 4 is 35.2 Å². The minimum absolute atomic E-state index is 0.0341. The lowest BCUT2D eigenvalue weighted by Crippen LogP contribution is -2.43. The van der Waals surface area contributed by atoms with E-state index in [1.807, 2.05) is 18.9 Å². The number of halogens is 4. The highest BCUT2D eigenvalue weighted by atomic mass is 32.1. The van der Waals surface area contributed by atoms with Crippen molar-refractivity contribution in [3.05, 3.63) is 51.1 Å². The molecule has 1 aliphatic carbocycles. The molecule has 7 rings (SSSR count). The molecular formula is C35H43F4N9O2S. The Hall–Kier alpha value is -3.92. The minimum Gasteiger partial charge on any atom is -0.461 e. The molecule has 3 fully saturated rings. The predicted octanol–water partition coefficient (Wildman–Crippen LogP) is 5.17. The van der Waals surface area contributed by atoms with E-state index in [1.165, 1.54) is 30.6 Å². The molecule has 0 bridgehead atoms. The standard InChI is InChI=1S/C35H43F4N9O2S/c1-19-12-25-26(14-24(19)31-30(35(37,38)39)20(2)13-27(40)43-31)42-33(50-18-34-9-5-10-48(34)16-22(36)15-34)44-32(25)46(4)23-8-11-47(17-23)29(49)7-6-28-41-21(3)45-51-28/h6-7,13,19,22-24H,5,8-12,14-18H2,1-4H3,(H2,40,43)/b7-6+/t19-,22-,23-,24-,34+/m1/s1. The van der Waals surface area contributed by atoms with Gasteiger partial charge in [0.2, 0.25) is 5.91 Å². The van der Waals surface area contributed by atoms with Crippen LogP contribution in [0.4, 0.5) is 29.2 Å². The van der Waals surface area contributed by atoms with Gasteiger partial charge in [-0.05, 0) is 87.7 Å². The fourth-order valence-corrected chi connectivity index (χ4v) is 9.11. The molecule has 0 aromatic carbocycles. The van der Waals surface area contributed by atoms with Gasteiger partial charge in [0.15, 0.2) is 0 Å². The second-order valence-electron chi connectivity index (χ2n) is 14.6. The van der Waals surface area contributed by atoms with Crippen LogP contribution in [-0.4, -0.2) is 97.6 Å². The summed E-state index contributed by atoms with van der Waals surface area (Å²) in [7, 11) is 1.92. The SMILES string of the molecule is Cc1nsc(/C=C/C(=O)N2CC[C@@H](N(C)c3nc(OC[C@@]45CCCN4C[C@H](F)C5)nc4c3C[C@@H](C)[C@H](c3nc(N)cc(C)c3C(F)(F)F)C4)C2)n1. The van der Waals surface area contributed by atoms with Gasteiger partial charge in [-0.2, -0.15) is 27.5 Å². The molecule has 11 nitrogen and oxygen atoms in total. The van der Waals surface area contributed by atoms with Gasteiger partial charge in [0.1, 0.15) is 35.2 Å². The number of aryl methyl sites for hydroxylation is 2. The largest absolute Gasteiger partial charge is 0.461 e. The Morgan fingerprint density at radius 2 is 1.98 bits per heavy atom. The maximum atomic E-state index is 14.6. The fourth-order valence-electron chi connectivity index (χ4n) is 8.54. The lowest BCUT2D eigenvalue weighted by Gasteiger charge is -2.36. The Balaban J connectivity index is 1.19. The molecule has 0 saturated carbocycles. The van der Waals surface area contributed by atoms with Gasteiger partial charge in [-0.25, -0.2) is 14.4 Å². The molecule has 274 valence electrons. The number of likely N-dealkylation sites (tertiary alicyclic amines) is 1. The molecule has 0 spiro atoms. The molecule has 3 saturated heterocycles. The van der Waals surface area contributed by atoms with Gasteiger partial charge >= 0.3 is 12.2 Å². The normalized spacial score (nSPS) is 26.5. The van der Waals surface area contributed by atoms with Crippen LogP contribution in [0.3, 0.4) is 0 Å². The molecule has 3 aliphatic heterocycles. The number of carbonyl (C=O) groups excluding carboxylic acids is 1. The van der Waals surface area contributed by atoms with E-state index in [2.05, 4.69) is 19.2 Å². The van der Waals surface area contributed by atoms with Crippen LogP contribution in [0.5, 0.6) is 6.01 Å². The van der Waals surface area contributed by atoms with E-state index in [4.69, 9.17) is 20.4 Å². The van der Waals surface area contributed by atoms with E-state index in [0.29, 0.717) is 61.2 Å². The van der Waals surface area contributed by atoms with Crippen molar-refractivity contribution in [2.45, 2.75) is 89.1 Å². The van der Waals surface area contributed by atoms with E-state index >= 15 is 0 Å². The average molecular weight is 730 g/mol. The quantitative estimate of drug-likeness (QED) is 0.245. The van der Waals surface area contributed by atoms with Crippen molar-refractivity contribution in [3.63, 3.8) is 0 Å². The Morgan fingerprint density at radius 3 is 2.73 bits per heavy atom. The van der Waals surface area contributed by atoms with Crippen LogP contribution in [-0.2, 0) is 23.8 Å². The van der Waals surface area contributed by atoms with E-state index in [1.54, 1.807) is 17.9 Å². The summed E-state index contributed by atoms with van der Waals surface area (Å²) in [4.78, 5) is 37.4. The van der Waals surface area contributed by atoms with Crippen LogP contribution in [0.15, 0.2) is 12.1 Å². The van der Waals surface area contributed by atoms with Gasteiger partial charge in [0.25, 0.3) is 0 Å². The first-order valence-electron chi connectivity index (χ1n) is 17.5. The number of rotatable bonds is 8. The summed E-state index contributed by atoms with van der Waals surface area (Å²) < 4.78 is 68.3. The van der Waals surface area contributed by atoms with Crippen LogP contribution >= 0.6 is 11.5 Å². The van der Waals surface area contributed by atoms with E-state index in [0.717, 1.165) is 24.9 Å². The molecule has 6 heterocycles. The number of aromatic nitrogens is 5. The van der Waals surface area contributed by atoms with E-state index < -0.39 is 29.4 Å². The monoisotopic (exact) mass is 729 g/mol. The van der Waals surface area contributed by atoms with Crippen LogP contribution in [0.2, 0.25) is 0 Å². The van der Waals surface area contributed by atoms with Crippen molar-refractivity contribution < 1.29 is 27.1 Å². The fraction of sp³-hybridized carbons (Fsp3) is 0.600. The van der Waals surface area contributed by atoms with Crippen molar-refractivity contribution in [2.24, 2.45) is 5.92 Å². The molecule has 5 atom stereocenters. The second kappa shape index (κ2) is 13.6. The predicted molar refractivity (Wildman–Crippen MR) is 185 cm³/mol. The third-order valence-corrected chi connectivity index (χ3v) is 11.8. The Labute approximate surface area is 298 Å². The first kappa shape index (κ1) is 35.5. The van der Waals surface area contributed by atoms with Gasteiger partial charge < -0.3 is 20.3 Å². The summed E-state index contributed by atoms with van der Waals surface area (Å²) in [5.41, 5.74) is 6.22. The number of nitrogens with two attached hydrogens (primary N) is 1. The smallest absolute Gasteiger partial charge is 0.418 e. The number of nitrogens with zero attached hydrogens (tertiary/aromatic N) is 8. The number of pyridine rings is 1. The molecule has 2 N–H and O–H groups in total. The first-order chi connectivity index (χ1) is 24.2. The lowest BCUT2D eigenvalue weighted by atomic mass is 9.75. The maximum Gasteiger partial charge on any atom is 0.418 e. The molecular weight excluding hydrogens is 687 g/mol. The van der Waals surface area contributed by atoms with Gasteiger partial charge in [-0.3, -0.25) is 9.69 Å². The van der Waals surface area contributed by atoms with Gasteiger partial charge in [-0.1, -0.05) is 6.92 Å². The molecule has 3 aromatic heterocycles. The molecule has 51 heavy (non-hydrogen) atoms. The molecule has 0 radical (unpaired) electrons. The number of likely N-dealkylation sites (N-methyl/N-ethyl adjacent to an activating group) is 1. The number of ether oxygens (including phenoxy) is 1. The van der Waals surface area contributed by atoms with Crippen molar-refractivity contribution in [1.29, 1.82) is 0 Å². The summed E-state index contributed by atoms with van der Waals surface area (Å²) in [6.07, 6.45) is 1.09. The zero-order chi connectivity index (χ0) is 36.2. The van der Waals surface area contributed by atoms with Crippen molar-refractivity contribution in [1.82, 2.24) is 34.1 Å². The summed E-state index contributed by atoms with van der Waals surface area (Å²) in [6.45, 7) is 7.54. The zero-order valence-corrected chi connectivity index (χ0v) is 30.0. The average Bonchev–Trinajstić information content (AvgIpc) is 3.85. The van der Waals surface area contributed by atoms with Gasteiger partial charge in [0.05, 0.1) is 22.5 Å². The van der Waals surface area contributed by atoms with Crippen molar-refractivity contribution in [3.8, 4) is 6.01 Å². The zero-order valence-electron chi connectivity index (χ0n) is 29.2. The van der Waals surface area contributed by atoms with Crippen LogP contribution in [0.25, 0.3) is 6.08 Å². The summed E-state index contributed by atoms with van der Waals surface area (Å²) in [6, 6.07) is 1.29. The Morgan fingerprint density at radius 1 is 1.18 bits per heavy atom. The highest BCUT2D eigenvalue weighted by Crippen LogP contribution is 2.46. The van der Waals surface area contributed by atoms with E-state index in [-0.39, 0.29) is 54.0 Å². The molecule has 0 unspecified atom stereocenters. The molecule has 4 aliphatic rings. The highest BCUT2D eigenvalue weighted by Gasteiger charge is 2.50. The number of fused-ring (bicyclic) bond motifs is 2. The number of hydrogen-bond acceptors (Lipinski definition) is 11. The lowest BCUT2D eigenvalue weighted by molar-refractivity contribution is -0.139. The minimum atomic E-state index is -4.61. The molecule has 16 heteroatoms. The Bertz CT molecular complexity index is 1840. The summed E-state index contributed by atoms with van der Waals surface area (Å²) in [5, 5.41) is 0.659.